The molecule has 0 bridgehead atoms. The highest BCUT2D eigenvalue weighted by molar-refractivity contribution is 7.17. The molecule has 1 aliphatic carbocycles. The van der Waals surface area contributed by atoms with E-state index < -0.39 is 18.0 Å². The second kappa shape index (κ2) is 7.74. The Morgan fingerprint density at radius 1 is 1.19 bits per heavy atom. The number of nitrogens with one attached hydrogen (secondary N) is 2. The van der Waals surface area contributed by atoms with Gasteiger partial charge in [0.05, 0.1) is 5.56 Å². The van der Waals surface area contributed by atoms with E-state index in [1.165, 1.54) is 6.07 Å². The van der Waals surface area contributed by atoms with Gasteiger partial charge < -0.3 is 10.6 Å². The molecule has 1 heterocycles. The lowest BCUT2D eigenvalue weighted by Crippen LogP contribution is -2.30. The maximum Gasteiger partial charge on any atom is 0.471 e. The molecular formula is C18H14ClF3N2O2S. The Hall–Kier alpha value is -2.32. The van der Waals surface area contributed by atoms with Gasteiger partial charge in [-0.1, -0.05) is 29.8 Å². The Balaban J connectivity index is 1.99. The lowest BCUT2D eigenvalue weighted by atomic mass is 10.1. The van der Waals surface area contributed by atoms with Crippen LogP contribution in [-0.4, -0.2) is 18.0 Å². The number of alkyl halides is 3. The van der Waals surface area contributed by atoms with Gasteiger partial charge in [-0.3, -0.25) is 9.59 Å². The van der Waals surface area contributed by atoms with Gasteiger partial charge in [0.15, 0.2) is 0 Å². The second-order valence-electron chi connectivity index (χ2n) is 5.85. The summed E-state index contributed by atoms with van der Waals surface area (Å²) in [5, 5.41) is 4.75. The number of fused-ring (bicyclic) bond motifs is 1. The molecular weight excluding hydrogens is 401 g/mol. The van der Waals surface area contributed by atoms with Gasteiger partial charge in [-0.2, -0.15) is 13.2 Å². The predicted octanol–water partition coefficient (Wildman–Crippen LogP) is 5.50. The molecule has 0 saturated heterocycles. The number of aryl methyl sites for hydroxylation is 1. The zero-order valence-electron chi connectivity index (χ0n) is 13.8. The zero-order valence-corrected chi connectivity index (χ0v) is 15.4. The van der Waals surface area contributed by atoms with Crippen LogP contribution in [0.15, 0.2) is 30.3 Å². The molecule has 2 amide bonds. The predicted molar refractivity (Wildman–Crippen MR) is 100 cm³/mol. The van der Waals surface area contributed by atoms with Crippen LogP contribution in [0, 0.1) is 0 Å². The van der Waals surface area contributed by atoms with Crippen molar-refractivity contribution in [3.63, 3.8) is 0 Å². The minimum Gasteiger partial charge on any atom is -0.322 e. The Bertz CT molecular complexity index is 922. The lowest BCUT2D eigenvalue weighted by Gasteiger charge is -2.10. The minimum atomic E-state index is -5.04. The quantitative estimate of drug-likeness (QED) is 0.696. The molecule has 27 heavy (non-hydrogen) atoms. The number of anilines is 2. The molecule has 1 aliphatic rings. The number of halogens is 4. The number of hydrogen-bond donors (Lipinski definition) is 2. The van der Waals surface area contributed by atoms with E-state index in [0.717, 1.165) is 29.1 Å². The van der Waals surface area contributed by atoms with Crippen LogP contribution in [0.4, 0.5) is 23.9 Å². The molecule has 0 radical (unpaired) electrons. The molecule has 9 heteroatoms. The smallest absolute Gasteiger partial charge is 0.322 e. The Kier molecular flexibility index (Phi) is 5.57. The van der Waals surface area contributed by atoms with Crippen molar-refractivity contribution in [2.45, 2.75) is 25.4 Å². The van der Waals surface area contributed by atoms with Crippen molar-refractivity contribution in [1.29, 1.82) is 0 Å². The number of thiophene rings is 1. The fraction of sp³-hybridized carbons (Fsp3) is 0.222. The first-order chi connectivity index (χ1) is 12.8. The molecule has 0 unspecified atom stereocenters. The van der Waals surface area contributed by atoms with Crippen LogP contribution in [0.25, 0.3) is 6.08 Å². The number of carbonyl (C=O) groups is 2. The summed E-state index contributed by atoms with van der Waals surface area (Å²) in [6.45, 7) is 0. The van der Waals surface area contributed by atoms with Crippen molar-refractivity contribution in [1.82, 2.24) is 0 Å². The third-order valence-corrected chi connectivity index (χ3v) is 5.29. The van der Waals surface area contributed by atoms with Crippen LogP contribution in [0.3, 0.4) is 0 Å². The van der Waals surface area contributed by atoms with E-state index in [2.05, 4.69) is 5.32 Å². The largest absolute Gasteiger partial charge is 0.471 e. The molecule has 0 aliphatic heterocycles. The van der Waals surface area contributed by atoms with Crippen molar-refractivity contribution in [3.05, 3.63) is 51.4 Å². The van der Waals surface area contributed by atoms with E-state index in [-0.39, 0.29) is 10.6 Å². The number of amides is 2. The molecule has 1 aromatic heterocycles. The summed E-state index contributed by atoms with van der Waals surface area (Å²) >= 11 is 6.89. The first-order valence-electron chi connectivity index (χ1n) is 8.03. The zero-order chi connectivity index (χ0) is 19.6. The van der Waals surface area contributed by atoms with Crippen LogP contribution >= 0.6 is 22.9 Å². The summed E-state index contributed by atoms with van der Waals surface area (Å²) in [5.41, 5.74) is 0.957. The first-order valence-corrected chi connectivity index (χ1v) is 9.22. The molecule has 3 rings (SSSR count). The van der Waals surface area contributed by atoms with Gasteiger partial charge in [-0.25, -0.2) is 0 Å². The Morgan fingerprint density at radius 2 is 1.96 bits per heavy atom. The van der Waals surface area contributed by atoms with Crippen molar-refractivity contribution < 1.29 is 22.8 Å². The van der Waals surface area contributed by atoms with Gasteiger partial charge in [0.2, 0.25) is 0 Å². The van der Waals surface area contributed by atoms with Gasteiger partial charge >= 0.3 is 12.1 Å². The van der Waals surface area contributed by atoms with Crippen LogP contribution < -0.4 is 10.6 Å². The van der Waals surface area contributed by atoms with Crippen LogP contribution in [0.1, 0.15) is 33.6 Å². The van der Waals surface area contributed by atoms with E-state index >= 15 is 0 Å². The summed E-state index contributed by atoms with van der Waals surface area (Å²) in [4.78, 5) is 25.0. The Morgan fingerprint density at radius 3 is 2.67 bits per heavy atom. The molecule has 142 valence electrons. The molecule has 0 fully saturated rings. The van der Waals surface area contributed by atoms with Gasteiger partial charge in [-0.05, 0) is 37.5 Å². The van der Waals surface area contributed by atoms with E-state index in [0.29, 0.717) is 22.7 Å². The summed E-state index contributed by atoms with van der Waals surface area (Å²) in [7, 11) is 0. The average molecular weight is 415 g/mol. The fourth-order valence-corrected chi connectivity index (χ4v) is 4.09. The van der Waals surface area contributed by atoms with Gasteiger partial charge in [0, 0.05) is 21.2 Å². The van der Waals surface area contributed by atoms with Crippen molar-refractivity contribution in [3.8, 4) is 0 Å². The fourth-order valence-electron chi connectivity index (χ4n) is 2.68. The highest BCUT2D eigenvalue weighted by atomic mass is 35.5. The summed E-state index contributed by atoms with van der Waals surface area (Å²) in [6.07, 6.45) is 0.774. The molecule has 1 aromatic carbocycles. The molecule has 4 nitrogen and oxygen atoms in total. The van der Waals surface area contributed by atoms with E-state index in [1.807, 2.05) is 11.4 Å². The minimum absolute atomic E-state index is 0.0192. The molecule has 0 saturated carbocycles. The number of rotatable bonds is 3. The molecule has 0 atom stereocenters. The number of benzene rings is 1. The second-order valence-corrected chi connectivity index (χ2v) is 7.40. The summed E-state index contributed by atoms with van der Waals surface area (Å²) in [6, 6.07) is 6.40. The topological polar surface area (TPSA) is 58.2 Å². The maximum atomic E-state index is 12.8. The third-order valence-electron chi connectivity index (χ3n) is 3.88. The van der Waals surface area contributed by atoms with Crippen LogP contribution in [-0.2, 0) is 11.2 Å². The average Bonchev–Trinajstić information content (AvgIpc) is 2.75. The maximum absolute atomic E-state index is 12.8. The highest BCUT2D eigenvalue weighted by Gasteiger charge is 2.40. The number of hydrogen-bond acceptors (Lipinski definition) is 3. The summed E-state index contributed by atoms with van der Waals surface area (Å²) in [5.74, 6) is -2.72. The molecule has 2 aromatic rings. The van der Waals surface area contributed by atoms with Gasteiger partial charge in [0.25, 0.3) is 5.91 Å². The lowest BCUT2D eigenvalue weighted by molar-refractivity contribution is -0.167. The van der Waals surface area contributed by atoms with E-state index in [9.17, 15) is 22.8 Å². The van der Waals surface area contributed by atoms with Crippen molar-refractivity contribution in [2.75, 3.05) is 10.6 Å². The van der Waals surface area contributed by atoms with Crippen molar-refractivity contribution >= 4 is 51.5 Å². The SMILES string of the molecule is O=C(Nc1cccc(Cl)c1)c1c(NC(=O)C(F)(F)F)sc2c1C=CCCC2. The van der Waals surface area contributed by atoms with Crippen LogP contribution in [0.5, 0.6) is 0 Å². The summed E-state index contributed by atoms with van der Waals surface area (Å²) < 4.78 is 38.0. The highest BCUT2D eigenvalue weighted by Crippen LogP contribution is 2.38. The number of allylic oxidation sites excluding steroid dienone is 1. The number of carbonyl (C=O) groups excluding carboxylic acids is 2. The van der Waals surface area contributed by atoms with Crippen LogP contribution in [0.2, 0.25) is 5.02 Å². The molecule has 2 N–H and O–H groups in total. The van der Waals surface area contributed by atoms with Gasteiger partial charge in [0.1, 0.15) is 5.00 Å². The van der Waals surface area contributed by atoms with Crippen molar-refractivity contribution in [2.24, 2.45) is 0 Å². The standard InChI is InChI=1S/C18H14ClF3N2O2S/c19-10-5-4-6-11(9-10)23-15(25)14-12-7-2-1-3-8-13(12)27-16(14)24-17(26)18(20,21)22/h2,4-7,9H,1,3,8H2,(H,23,25)(H,24,26). The normalized spacial score (nSPS) is 13.6. The monoisotopic (exact) mass is 414 g/mol. The first kappa shape index (κ1) is 19.4. The third kappa shape index (κ3) is 4.51. The van der Waals surface area contributed by atoms with E-state index in [4.69, 9.17) is 11.6 Å². The Labute approximate surface area is 162 Å². The molecule has 0 spiro atoms. The van der Waals surface area contributed by atoms with E-state index in [1.54, 1.807) is 24.3 Å². The van der Waals surface area contributed by atoms with Gasteiger partial charge in [-0.15, -0.1) is 11.3 Å².